The zero-order valence-corrected chi connectivity index (χ0v) is 18.3. The normalized spacial score (nSPS) is 17.3. The van der Waals surface area contributed by atoms with Gasteiger partial charge in [-0.1, -0.05) is 5.21 Å². The molecule has 2 aromatic rings. The Bertz CT molecular complexity index is 947. The first-order valence-corrected chi connectivity index (χ1v) is 10.7. The maximum atomic E-state index is 14.9. The molecule has 0 radical (unpaired) electrons. The van der Waals surface area contributed by atoms with Gasteiger partial charge in [-0.05, 0) is 50.3 Å². The summed E-state index contributed by atoms with van der Waals surface area (Å²) in [4.78, 5) is 18.6. The summed E-state index contributed by atoms with van der Waals surface area (Å²) in [6.07, 6.45) is 4.08. The summed E-state index contributed by atoms with van der Waals surface area (Å²) >= 11 is 4.93. The van der Waals surface area contributed by atoms with Crippen LogP contribution < -0.4 is 10.2 Å². The second kappa shape index (κ2) is 9.56. The third-order valence-electron chi connectivity index (χ3n) is 5.56. The maximum absolute atomic E-state index is 14.9. The summed E-state index contributed by atoms with van der Waals surface area (Å²) < 4.78 is 21.3. The van der Waals surface area contributed by atoms with Crippen LogP contribution in [-0.2, 0) is 16.1 Å². The van der Waals surface area contributed by atoms with Crippen LogP contribution in [0.2, 0.25) is 0 Å². The average Bonchev–Trinajstić information content (AvgIpc) is 3.45. The highest BCUT2D eigenvalue weighted by atomic mass is 32.1. The Morgan fingerprint density at radius 2 is 2.06 bits per heavy atom. The Morgan fingerprint density at radius 1 is 1.26 bits per heavy atom. The second-order valence-corrected chi connectivity index (χ2v) is 8.05. The number of rotatable bonds is 6. The number of carbonyl (C=O) groups excluding carboxylic acids is 1. The number of nitrogens with zero attached hydrogens (tertiary/aromatic N) is 6. The first-order chi connectivity index (χ1) is 15.0. The molecular weight excluding hydrogens is 421 g/mol. The van der Waals surface area contributed by atoms with Crippen LogP contribution in [0.1, 0.15) is 18.5 Å². The molecule has 3 heterocycles. The van der Waals surface area contributed by atoms with Gasteiger partial charge in [0.2, 0.25) is 5.91 Å². The van der Waals surface area contributed by atoms with Gasteiger partial charge in [0.25, 0.3) is 5.17 Å². The van der Waals surface area contributed by atoms with Crippen molar-refractivity contribution in [3.63, 3.8) is 0 Å². The fraction of sp³-hybridized carbons (Fsp3) is 0.500. The molecule has 166 valence electrons. The van der Waals surface area contributed by atoms with E-state index in [1.54, 1.807) is 23.2 Å². The van der Waals surface area contributed by atoms with Crippen molar-refractivity contribution >= 4 is 29.0 Å². The Labute approximate surface area is 185 Å². The topological polar surface area (TPSA) is 78.8 Å². The average molecular weight is 448 g/mol. The number of hydrogen-bond donors (Lipinski definition) is 1. The largest absolute Gasteiger partial charge is 0.474 e. The van der Waals surface area contributed by atoms with Crippen molar-refractivity contribution in [3.05, 3.63) is 35.9 Å². The number of halogens is 1. The molecule has 2 aliphatic heterocycles. The molecule has 9 nitrogen and oxygen atoms in total. The fourth-order valence-corrected chi connectivity index (χ4v) is 3.94. The third-order valence-corrected chi connectivity index (χ3v) is 5.88. The number of carbonyl (C=O) groups is 1. The molecule has 0 spiro atoms. The van der Waals surface area contributed by atoms with Gasteiger partial charge in [-0.25, -0.2) is 9.07 Å². The van der Waals surface area contributed by atoms with Gasteiger partial charge in [0.05, 0.1) is 44.4 Å². The number of likely N-dealkylation sites (tertiary alicyclic amines) is 1. The fourth-order valence-electron chi connectivity index (χ4n) is 3.86. The Balaban J connectivity index is 1.38. The van der Waals surface area contributed by atoms with Gasteiger partial charge in [0.15, 0.2) is 0 Å². The van der Waals surface area contributed by atoms with Crippen LogP contribution in [0.4, 0.5) is 10.1 Å². The predicted molar refractivity (Wildman–Crippen MR) is 117 cm³/mol. The van der Waals surface area contributed by atoms with Crippen molar-refractivity contribution in [1.29, 1.82) is 0 Å². The first kappa shape index (κ1) is 21.4. The summed E-state index contributed by atoms with van der Waals surface area (Å²) in [5.41, 5.74) is 1.61. The minimum atomic E-state index is -0.394. The van der Waals surface area contributed by atoms with Crippen molar-refractivity contribution in [2.75, 3.05) is 51.4 Å². The highest BCUT2D eigenvalue weighted by Gasteiger charge is 2.27. The first-order valence-electron chi connectivity index (χ1n) is 10.3. The standard InChI is InChI=1S/C20H26FN7O2S/c1-30-20(31)22-11-15-12-28(24-23-15)16-4-5-18(17(21)10-16)26-8-9-27(19(29)13-26)14-25-6-2-3-7-25/h4-5,10,12H,2-3,6-9,11,13-14H2,1H3,(H,22,31). The van der Waals surface area contributed by atoms with Gasteiger partial charge >= 0.3 is 0 Å². The number of thiocarbonyl (C=S) groups is 1. The number of ether oxygens (including phenoxy) is 1. The molecule has 1 aromatic carbocycles. The lowest BCUT2D eigenvalue weighted by molar-refractivity contribution is -0.133. The predicted octanol–water partition coefficient (Wildman–Crippen LogP) is 1.13. The quantitative estimate of drug-likeness (QED) is 0.661. The van der Waals surface area contributed by atoms with Crippen LogP contribution in [0.15, 0.2) is 24.4 Å². The number of aromatic nitrogens is 3. The Hall–Kier alpha value is -2.79. The van der Waals surface area contributed by atoms with Crippen LogP contribution in [0.25, 0.3) is 5.69 Å². The second-order valence-electron chi connectivity index (χ2n) is 7.68. The van der Waals surface area contributed by atoms with E-state index < -0.39 is 5.82 Å². The van der Waals surface area contributed by atoms with E-state index in [0.717, 1.165) is 13.1 Å². The van der Waals surface area contributed by atoms with Crippen molar-refractivity contribution in [1.82, 2.24) is 30.1 Å². The molecule has 0 aliphatic carbocycles. The summed E-state index contributed by atoms with van der Waals surface area (Å²) in [7, 11) is 1.48. The van der Waals surface area contributed by atoms with E-state index in [0.29, 0.717) is 43.4 Å². The number of methoxy groups -OCH3 is 1. The molecule has 11 heteroatoms. The molecule has 0 atom stereocenters. The number of anilines is 1. The lowest BCUT2D eigenvalue weighted by atomic mass is 10.2. The van der Waals surface area contributed by atoms with E-state index in [1.807, 2.05) is 4.90 Å². The lowest BCUT2D eigenvalue weighted by Crippen LogP contribution is -2.53. The van der Waals surface area contributed by atoms with Gasteiger partial charge in [-0.3, -0.25) is 9.69 Å². The van der Waals surface area contributed by atoms with E-state index in [2.05, 4.69) is 20.5 Å². The molecule has 0 bridgehead atoms. The third kappa shape index (κ3) is 5.10. The number of nitrogens with one attached hydrogen (secondary N) is 1. The molecule has 2 fully saturated rings. The van der Waals surface area contributed by atoms with E-state index >= 15 is 0 Å². The number of benzene rings is 1. The highest BCUT2D eigenvalue weighted by Crippen LogP contribution is 2.24. The smallest absolute Gasteiger partial charge is 0.256 e. The highest BCUT2D eigenvalue weighted by molar-refractivity contribution is 7.80. The molecule has 1 aromatic heterocycles. The summed E-state index contributed by atoms with van der Waals surface area (Å²) in [6.45, 7) is 4.51. The zero-order chi connectivity index (χ0) is 21.8. The number of hydrogen-bond acceptors (Lipinski definition) is 7. The van der Waals surface area contributed by atoms with Gasteiger partial charge in [-0.2, -0.15) is 0 Å². The van der Waals surface area contributed by atoms with Crippen molar-refractivity contribution < 1.29 is 13.9 Å². The molecule has 4 rings (SSSR count). The summed E-state index contributed by atoms with van der Waals surface area (Å²) in [5, 5.41) is 11.2. The van der Waals surface area contributed by atoms with Crippen LogP contribution in [-0.4, -0.2) is 82.4 Å². The van der Waals surface area contributed by atoms with E-state index in [1.165, 1.54) is 30.7 Å². The van der Waals surface area contributed by atoms with Crippen molar-refractivity contribution in [2.45, 2.75) is 19.4 Å². The SMILES string of the molecule is COC(=S)NCc1cn(-c2ccc(N3CCN(CN4CCCC4)C(=O)C3)c(F)c2)nn1. The lowest BCUT2D eigenvalue weighted by Gasteiger charge is -2.37. The molecular formula is C20H26FN7O2S. The van der Waals surface area contributed by atoms with Crippen LogP contribution in [0.5, 0.6) is 0 Å². The monoisotopic (exact) mass is 447 g/mol. The van der Waals surface area contributed by atoms with Gasteiger partial charge < -0.3 is 19.9 Å². The molecule has 1 N–H and O–H groups in total. The van der Waals surface area contributed by atoms with Crippen molar-refractivity contribution in [3.8, 4) is 5.69 Å². The van der Waals surface area contributed by atoms with Crippen LogP contribution >= 0.6 is 12.2 Å². The minimum Gasteiger partial charge on any atom is -0.474 e. The summed E-state index contributed by atoms with van der Waals surface area (Å²) in [6, 6.07) is 4.86. The Kier molecular flexibility index (Phi) is 6.62. The molecule has 1 amide bonds. The number of amides is 1. The van der Waals surface area contributed by atoms with Crippen LogP contribution in [0, 0.1) is 5.82 Å². The van der Waals surface area contributed by atoms with Gasteiger partial charge in [-0.15, -0.1) is 5.10 Å². The van der Waals surface area contributed by atoms with Gasteiger partial charge in [0, 0.05) is 19.2 Å². The van der Waals surface area contributed by atoms with E-state index in [-0.39, 0.29) is 17.6 Å². The Morgan fingerprint density at radius 3 is 2.77 bits per heavy atom. The summed E-state index contributed by atoms with van der Waals surface area (Å²) in [5.74, 6) is -0.363. The molecule has 2 aliphatic rings. The van der Waals surface area contributed by atoms with Gasteiger partial charge in [0.1, 0.15) is 11.5 Å². The van der Waals surface area contributed by atoms with Crippen molar-refractivity contribution in [2.24, 2.45) is 0 Å². The van der Waals surface area contributed by atoms with Crippen LogP contribution in [0.3, 0.4) is 0 Å². The molecule has 0 saturated carbocycles. The zero-order valence-electron chi connectivity index (χ0n) is 17.5. The maximum Gasteiger partial charge on any atom is 0.256 e. The van der Waals surface area contributed by atoms with E-state index in [9.17, 15) is 9.18 Å². The minimum absolute atomic E-state index is 0.0315. The molecule has 0 unspecified atom stereocenters. The van der Waals surface area contributed by atoms with E-state index in [4.69, 9.17) is 17.0 Å². The molecule has 2 saturated heterocycles. The number of piperazine rings is 1. The molecule has 31 heavy (non-hydrogen) atoms.